The molecular weight excluding hydrogens is 252 g/mol. The summed E-state index contributed by atoms with van der Waals surface area (Å²) in [7, 11) is 0. The Balaban J connectivity index is 1.71. The van der Waals surface area contributed by atoms with Gasteiger partial charge in [0, 0.05) is 11.8 Å². The predicted molar refractivity (Wildman–Crippen MR) is 77.7 cm³/mol. The molecule has 0 heterocycles. The Morgan fingerprint density at radius 3 is 2.45 bits per heavy atom. The molecule has 2 aromatic carbocycles. The van der Waals surface area contributed by atoms with Crippen LogP contribution in [0, 0.1) is 0 Å². The van der Waals surface area contributed by atoms with Gasteiger partial charge in [-0.3, -0.25) is 4.79 Å². The molecule has 0 unspecified atom stereocenters. The number of hydrogen-bond acceptors (Lipinski definition) is 3. The van der Waals surface area contributed by atoms with Crippen LogP contribution in [0.5, 0.6) is 11.5 Å². The van der Waals surface area contributed by atoms with Crippen molar-refractivity contribution in [2.45, 2.75) is 18.4 Å². The minimum Gasteiger partial charge on any atom is -0.457 e. The van der Waals surface area contributed by atoms with Gasteiger partial charge in [0.05, 0.1) is 5.54 Å². The summed E-state index contributed by atoms with van der Waals surface area (Å²) >= 11 is 0. The standard InChI is InChI=1S/C16H16N2O2/c17-16(9-10-16)15(19)18-12-5-4-8-14(11-12)20-13-6-2-1-3-7-13/h1-8,11H,9-10,17H2,(H,18,19). The fourth-order valence-corrected chi connectivity index (χ4v) is 1.88. The van der Waals surface area contributed by atoms with Crippen molar-refractivity contribution in [2.24, 2.45) is 5.73 Å². The van der Waals surface area contributed by atoms with Gasteiger partial charge in [0.1, 0.15) is 11.5 Å². The van der Waals surface area contributed by atoms with Gasteiger partial charge in [0.25, 0.3) is 0 Å². The van der Waals surface area contributed by atoms with Crippen molar-refractivity contribution in [3.63, 3.8) is 0 Å². The van der Waals surface area contributed by atoms with Gasteiger partial charge in [-0.05, 0) is 37.1 Å². The van der Waals surface area contributed by atoms with E-state index in [2.05, 4.69) is 5.32 Å². The maximum atomic E-state index is 11.9. The van der Waals surface area contributed by atoms with Crippen molar-refractivity contribution in [1.82, 2.24) is 0 Å². The molecule has 1 amide bonds. The minimum atomic E-state index is -0.670. The van der Waals surface area contributed by atoms with E-state index in [0.29, 0.717) is 11.4 Å². The fraction of sp³-hybridized carbons (Fsp3) is 0.188. The Bertz CT molecular complexity index is 621. The second kappa shape index (κ2) is 4.98. The maximum absolute atomic E-state index is 11.9. The number of para-hydroxylation sites is 1. The molecule has 4 heteroatoms. The van der Waals surface area contributed by atoms with Crippen molar-refractivity contribution < 1.29 is 9.53 Å². The minimum absolute atomic E-state index is 0.130. The fourth-order valence-electron chi connectivity index (χ4n) is 1.88. The van der Waals surface area contributed by atoms with E-state index >= 15 is 0 Å². The molecule has 0 aromatic heterocycles. The molecule has 4 nitrogen and oxygen atoms in total. The van der Waals surface area contributed by atoms with Crippen LogP contribution in [0.15, 0.2) is 54.6 Å². The van der Waals surface area contributed by atoms with Crippen LogP contribution < -0.4 is 15.8 Å². The largest absolute Gasteiger partial charge is 0.457 e. The lowest BCUT2D eigenvalue weighted by Crippen LogP contribution is -2.37. The van der Waals surface area contributed by atoms with Crippen LogP contribution in [-0.2, 0) is 4.79 Å². The highest BCUT2D eigenvalue weighted by atomic mass is 16.5. The highest BCUT2D eigenvalue weighted by molar-refractivity contribution is 6.00. The van der Waals surface area contributed by atoms with Crippen molar-refractivity contribution >= 4 is 11.6 Å². The van der Waals surface area contributed by atoms with Crippen molar-refractivity contribution in [3.8, 4) is 11.5 Å². The number of benzene rings is 2. The second-order valence-corrected chi connectivity index (χ2v) is 5.05. The second-order valence-electron chi connectivity index (χ2n) is 5.05. The maximum Gasteiger partial charge on any atom is 0.244 e. The first kappa shape index (κ1) is 12.7. The zero-order valence-electron chi connectivity index (χ0n) is 11.0. The van der Waals surface area contributed by atoms with Gasteiger partial charge in [-0.2, -0.15) is 0 Å². The number of anilines is 1. The lowest BCUT2D eigenvalue weighted by molar-refractivity contribution is -0.118. The van der Waals surface area contributed by atoms with Crippen LogP contribution in [0.2, 0.25) is 0 Å². The van der Waals surface area contributed by atoms with Gasteiger partial charge in [0.15, 0.2) is 0 Å². The van der Waals surface area contributed by atoms with Crippen LogP contribution in [0.1, 0.15) is 12.8 Å². The molecule has 0 aliphatic heterocycles. The number of ether oxygens (including phenoxy) is 1. The van der Waals surface area contributed by atoms with Gasteiger partial charge < -0.3 is 15.8 Å². The molecule has 3 rings (SSSR count). The zero-order valence-corrected chi connectivity index (χ0v) is 11.0. The molecule has 0 saturated heterocycles. The van der Waals surface area contributed by atoms with Gasteiger partial charge in [-0.25, -0.2) is 0 Å². The van der Waals surface area contributed by atoms with E-state index in [1.54, 1.807) is 6.07 Å². The number of carbonyl (C=O) groups is 1. The molecule has 0 spiro atoms. The Morgan fingerprint density at radius 1 is 1.05 bits per heavy atom. The number of carbonyl (C=O) groups excluding carboxylic acids is 1. The Labute approximate surface area is 117 Å². The van der Waals surface area contributed by atoms with Gasteiger partial charge in [-0.1, -0.05) is 24.3 Å². The van der Waals surface area contributed by atoms with Crippen LogP contribution in [0.4, 0.5) is 5.69 Å². The first-order valence-electron chi connectivity index (χ1n) is 6.59. The summed E-state index contributed by atoms with van der Waals surface area (Å²) in [6, 6.07) is 16.8. The molecule has 3 N–H and O–H groups in total. The smallest absolute Gasteiger partial charge is 0.244 e. The third kappa shape index (κ3) is 2.81. The van der Waals surface area contributed by atoms with E-state index in [-0.39, 0.29) is 5.91 Å². The summed E-state index contributed by atoms with van der Waals surface area (Å²) in [6.45, 7) is 0. The third-order valence-electron chi connectivity index (χ3n) is 3.31. The Kier molecular flexibility index (Phi) is 3.16. The average Bonchev–Trinajstić information content (AvgIpc) is 3.20. The summed E-state index contributed by atoms with van der Waals surface area (Å²) in [5, 5.41) is 2.83. The molecule has 1 aliphatic carbocycles. The molecule has 1 saturated carbocycles. The summed E-state index contributed by atoms with van der Waals surface area (Å²) in [4.78, 5) is 11.9. The van der Waals surface area contributed by atoms with Crippen LogP contribution in [-0.4, -0.2) is 11.4 Å². The van der Waals surface area contributed by atoms with Crippen molar-refractivity contribution in [1.29, 1.82) is 0 Å². The number of rotatable bonds is 4. The molecule has 102 valence electrons. The van der Waals surface area contributed by atoms with Crippen molar-refractivity contribution in [2.75, 3.05) is 5.32 Å². The summed E-state index contributed by atoms with van der Waals surface area (Å²) in [6.07, 6.45) is 1.50. The van der Waals surface area contributed by atoms with Crippen molar-refractivity contribution in [3.05, 3.63) is 54.6 Å². The van der Waals surface area contributed by atoms with E-state index in [0.717, 1.165) is 18.6 Å². The van der Waals surface area contributed by atoms with Gasteiger partial charge >= 0.3 is 0 Å². The van der Waals surface area contributed by atoms with Gasteiger partial charge in [-0.15, -0.1) is 0 Å². The number of hydrogen-bond donors (Lipinski definition) is 2. The lowest BCUT2D eigenvalue weighted by Gasteiger charge is -2.11. The molecular formula is C16H16N2O2. The monoisotopic (exact) mass is 268 g/mol. The molecule has 0 bridgehead atoms. The molecule has 1 aliphatic rings. The first-order chi connectivity index (χ1) is 9.66. The molecule has 2 aromatic rings. The molecule has 20 heavy (non-hydrogen) atoms. The van der Waals surface area contributed by atoms with Crippen LogP contribution in [0.3, 0.4) is 0 Å². The quantitative estimate of drug-likeness (QED) is 0.896. The molecule has 1 fully saturated rings. The van der Waals surface area contributed by atoms with E-state index < -0.39 is 5.54 Å². The van der Waals surface area contributed by atoms with E-state index in [9.17, 15) is 4.79 Å². The predicted octanol–water partition coefficient (Wildman–Crippen LogP) is 2.91. The number of nitrogens with two attached hydrogens (primary N) is 1. The number of amides is 1. The third-order valence-corrected chi connectivity index (χ3v) is 3.31. The summed E-state index contributed by atoms with van der Waals surface area (Å²) in [5.74, 6) is 1.30. The van der Waals surface area contributed by atoms with Gasteiger partial charge in [0.2, 0.25) is 5.91 Å². The zero-order chi connectivity index (χ0) is 14.0. The van der Waals surface area contributed by atoms with E-state index in [1.807, 2.05) is 48.5 Å². The summed E-state index contributed by atoms with van der Waals surface area (Å²) < 4.78 is 5.72. The van der Waals surface area contributed by atoms with Crippen LogP contribution in [0.25, 0.3) is 0 Å². The van der Waals surface area contributed by atoms with Crippen LogP contribution >= 0.6 is 0 Å². The topological polar surface area (TPSA) is 64.4 Å². The highest BCUT2D eigenvalue weighted by Gasteiger charge is 2.45. The van der Waals surface area contributed by atoms with E-state index in [1.165, 1.54) is 0 Å². The molecule has 0 atom stereocenters. The number of nitrogens with one attached hydrogen (secondary N) is 1. The first-order valence-corrected chi connectivity index (χ1v) is 6.59. The molecule has 0 radical (unpaired) electrons. The summed E-state index contributed by atoms with van der Waals surface area (Å²) in [5.41, 5.74) is 5.88. The Hall–Kier alpha value is -2.33. The average molecular weight is 268 g/mol. The SMILES string of the molecule is NC1(C(=O)Nc2cccc(Oc3ccccc3)c2)CC1. The Morgan fingerprint density at radius 2 is 1.75 bits per heavy atom. The lowest BCUT2D eigenvalue weighted by atomic mass is 10.2. The normalized spacial score (nSPS) is 15.4. The van der Waals surface area contributed by atoms with E-state index in [4.69, 9.17) is 10.5 Å². The highest BCUT2D eigenvalue weighted by Crippen LogP contribution is 2.33.